The van der Waals surface area contributed by atoms with Crippen molar-refractivity contribution in [2.24, 2.45) is 0 Å². The molecule has 8 heteroatoms. The Balaban J connectivity index is 2.07. The van der Waals surface area contributed by atoms with Crippen molar-refractivity contribution in [3.63, 3.8) is 0 Å². The second-order valence-electron chi connectivity index (χ2n) is 5.79. The van der Waals surface area contributed by atoms with Crippen LogP contribution < -0.4 is 0 Å². The third-order valence-corrected chi connectivity index (χ3v) is 4.27. The molecule has 1 unspecified atom stereocenters. The maximum atomic E-state index is 13.1. The smallest absolute Gasteiger partial charge is 0.372 e. The second-order valence-corrected chi connectivity index (χ2v) is 5.79. The van der Waals surface area contributed by atoms with Crippen LogP contribution in [-0.4, -0.2) is 61.0 Å². The maximum absolute atomic E-state index is 13.1. The van der Waals surface area contributed by atoms with Gasteiger partial charge in [-0.3, -0.25) is 9.59 Å². The van der Waals surface area contributed by atoms with Crippen molar-refractivity contribution in [1.82, 2.24) is 9.80 Å². The van der Waals surface area contributed by atoms with Crippen molar-refractivity contribution in [3.8, 4) is 0 Å². The standard InChI is InChI=1S/C17H21F3N2O3/c1-3-14(25-2)16(24)22-10-8-21(9-11-22)15(23)12-6-4-5-7-13(12)17(18,19)20/h4-7,14H,3,8-11H2,1-2H3. The number of piperazine rings is 1. The summed E-state index contributed by atoms with van der Waals surface area (Å²) >= 11 is 0. The van der Waals surface area contributed by atoms with Crippen LogP contribution in [0.25, 0.3) is 0 Å². The minimum atomic E-state index is -4.59. The summed E-state index contributed by atoms with van der Waals surface area (Å²) in [7, 11) is 1.46. The maximum Gasteiger partial charge on any atom is 0.417 e. The molecule has 0 aromatic heterocycles. The first-order valence-electron chi connectivity index (χ1n) is 8.06. The van der Waals surface area contributed by atoms with E-state index in [-0.39, 0.29) is 37.6 Å². The molecule has 0 aliphatic carbocycles. The Hall–Kier alpha value is -2.09. The summed E-state index contributed by atoms with van der Waals surface area (Å²) in [6.07, 6.45) is -4.59. The van der Waals surface area contributed by atoms with Crippen LogP contribution in [-0.2, 0) is 15.7 Å². The van der Waals surface area contributed by atoms with Crippen LogP contribution in [0, 0.1) is 0 Å². The van der Waals surface area contributed by atoms with E-state index in [1.807, 2.05) is 6.92 Å². The van der Waals surface area contributed by atoms with Gasteiger partial charge in [-0.1, -0.05) is 19.1 Å². The number of hydrogen-bond acceptors (Lipinski definition) is 3. The number of nitrogens with zero attached hydrogens (tertiary/aromatic N) is 2. The molecule has 0 N–H and O–H groups in total. The van der Waals surface area contributed by atoms with E-state index in [1.165, 1.54) is 30.2 Å². The molecule has 1 heterocycles. The molecule has 0 spiro atoms. The summed E-state index contributed by atoms with van der Waals surface area (Å²) in [6, 6.07) is 4.75. The molecule has 1 aromatic rings. The van der Waals surface area contributed by atoms with Crippen molar-refractivity contribution < 1.29 is 27.5 Å². The molecule has 1 atom stereocenters. The summed E-state index contributed by atoms with van der Waals surface area (Å²) in [5, 5.41) is 0. The summed E-state index contributed by atoms with van der Waals surface area (Å²) in [5.41, 5.74) is -1.30. The molecule has 2 rings (SSSR count). The highest BCUT2D eigenvalue weighted by Gasteiger charge is 2.36. The van der Waals surface area contributed by atoms with Gasteiger partial charge in [0.05, 0.1) is 11.1 Å². The summed E-state index contributed by atoms with van der Waals surface area (Å²) in [4.78, 5) is 27.7. The fourth-order valence-corrected chi connectivity index (χ4v) is 2.86. The fraction of sp³-hybridized carbons (Fsp3) is 0.529. The minimum Gasteiger partial charge on any atom is -0.372 e. The predicted octanol–water partition coefficient (Wildman–Crippen LogP) is 2.41. The molecular weight excluding hydrogens is 337 g/mol. The van der Waals surface area contributed by atoms with Crippen LogP contribution in [0.5, 0.6) is 0 Å². The van der Waals surface area contributed by atoms with Crippen molar-refractivity contribution >= 4 is 11.8 Å². The first kappa shape index (κ1) is 19.2. The number of ether oxygens (including phenoxy) is 1. The normalized spacial score (nSPS) is 16.7. The van der Waals surface area contributed by atoms with Crippen LogP contribution in [0.15, 0.2) is 24.3 Å². The number of amides is 2. The molecule has 1 saturated heterocycles. The molecule has 138 valence electrons. The van der Waals surface area contributed by atoms with Crippen molar-refractivity contribution in [1.29, 1.82) is 0 Å². The van der Waals surface area contributed by atoms with Gasteiger partial charge in [0.25, 0.3) is 11.8 Å². The third-order valence-electron chi connectivity index (χ3n) is 4.27. The lowest BCUT2D eigenvalue weighted by Gasteiger charge is -2.36. The zero-order valence-electron chi connectivity index (χ0n) is 14.2. The Labute approximate surface area is 144 Å². The Bertz CT molecular complexity index is 622. The topological polar surface area (TPSA) is 49.9 Å². The molecule has 1 aliphatic rings. The van der Waals surface area contributed by atoms with Crippen LogP contribution in [0.3, 0.4) is 0 Å². The number of hydrogen-bond donors (Lipinski definition) is 0. The number of carbonyl (C=O) groups is 2. The lowest BCUT2D eigenvalue weighted by Crippen LogP contribution is -2.53. The molecule has 0 bridgehead atoms. The fourth-order valence-electron chi connectivity index (χ4n) is 2.86. The zero-order valence-corrected chi connectivity index (χ0v) is 14.2. The number of rotatable bonds is 4. The van der Waals surface area contributed by atoms with E-state index in [1.54, 1.807) is 4.90 Å². The van der Waals surface area contributed by atoms with E-state index in [0.717, 1.165) is 6.07 Å². The van der Waals surface area contributed by atoms with Crippen molar-refractivity contribution in [2.75, 3.05) is 33.3 Å². The van der Waals surface area contributed by atoms with E-state index < -0.39 is 23.8 Å². The monoisotopic (exact) mass is 358 g/mol. The minimum absolute atomic E-state index is 0.159. The van der Waals surface area contributed by atoms with Crippen molar-refractivity contribution in [3.05, 3.63) is 35.4 Å². The average Bonchev–Trinajstić information content (AvgIpc) is 2.61. The molecule has 1 aliphatic heterocycles. The Morgan fingerprint density at radius 3 is 2.20 bits per heavy atom. The lowest BCUT2D eigenvalue weighted by atomic mass is 10.1. The number of benzene rings is 1. The van der Waals surface area contributed by atoms with E-state index in [2.05, 4.69) is 0 Å². The predicted molar refractivity (Wildman–Crippen MR) is 85.0 cm³/mol. The molecule has 1 aromatic carbocycles. The Morgan fingerprint density at radius 2 is 1.68 bits per heavy atom. The van der Waals surface area contributed by atoms with Gasteiger partial charge < -0.3 is 14.5 Å². The van der Waals surface area contributed by atoms with E-state index in [9.17, 15) is 22.8 Å². The summed E-state index contributed by atoms with van der Waals surface area (Å²) in [5.74, 6) is -0.827. The highest BCUT2D eigenvalue weighted by atomic mass is 19.4. The van der Waals surface area contributed by atoms with Crippen molar-refractivity contribution in [2.45, 2.75) is 25.6 Å². The average molecular weight is 358 g/mol. The third kappa shape index (κ3) is 4.31. The number of alkyl halides is 3. The van der Waals surface area contributed by atoms with Gasteiger partial charge in [-0.2, -0.15) is 13.2 Å². The SMILES string of the molecule is CCC(OC)C(=O)N1CCN(C(=O)c2ccccc2C(F)(F)F)CC1. The molecule has 0 saturated carbocycles. The molecular formula is C17H21F3N2O3. The van der Waals surface area contributed by atoms with Gasteiger partial charge in [-0.15, -0.1) is 0 Å². The van der Waals surface area contributed by atoms with Gasteiger partial charge in [0, 0.05) is 33.3 Å². The lowest BCUT2D eigenvalue weighted by molar-refractivity contribution is -0.143. The van der Waals surface area contributed by atoms with Gasteiger partial charge in [-0.25, -0.2) is 0 Å². The van der Waals surface area contributed by atoms with Crippen LogP contribution in [0.1, 0.15) is 29.3 Å². The zero-order chi connectivity index (χ0) is 18.6. The Kier molecular flexibility index (Phi) is 6.05. The molecule has 25 heavy (non-hydrogen) atoms. The Morgan fingerprint density at radius 1 is 1.12 bits per heavy atom. The van der Waals surface area contributed by atoms with Crippen LogP contribution in [0.4, 0.5) is 13.2 Å². The first-order chi connectivity index (χ1) is 11.8. The van der Waals surface area contributed by atoms with E-state index in [4.69, 9.17) is 4.74 Å². The summed E-state index contributed by atoms with van der Waals surface area (Å²) < 4.78 is 44.3. The molecule has 5 nitrogen and oxygen atoms in total. The first-order valence-corrected chi connectivity index (χ1v) is 8.06. The quantitative estimate of drug-likeness (QED) is 0.831. The van der Waals surface area contributed by atoms with Crippen LogP contribution in [0.2, 0.25) is 0 Å². The largest absolute Gasteiger partial charge is 0.417 e. The number of halogens is 3. The molecule has 0 radical (unpaired) electrons. The van der Waals surface area contributed by atoms with Gasteiger partial charge in [-0.05, 0) is 18.6 Å². The highest BCUT2D eigenvalue weighted by Crippen LogP contribution is 2.32. The van der Waals surface area contributed by atoms with Crippen LogP contribution >= 0.6 is 0 Å². The van der Waals surface area contributed by atoms with Gasteiger partial charge >= 0.3 is 6.18 Å². The number of carbonyl (C=O) groups excluding carboxylic acids is 2. The molecule has 1 fully saturated rings. The number of methoxy groups -OCH3 is 1. The van der Waals surface area contributed by atoms with E-state index >= 15 is 0 Å². The van der Waals surface area contributed by atoms with Gasteiger partial charge in [0.15, 0.2) is 0 Å². The van der Waals surface area contributed by atoms with Gasteiger partial charge in [0.1, 0.15) is 6.10 Å². The van der Waals surface area contributed by atoms with Gasteiger partial charge in [0.2, 0.25) is 0 Å². The highest BCUT2D eigenvalue weighted by molar-refractivity contribution is 5.96. The molecule has 2 amide bonds. The second kappa shape index (κ2) is 7.86. The summed E-state index contributed by atoms with van der Waals surface area (Å²) in [6.45, 7) is 2.77. The van der Waals surface area contributed by atoms with E-state index in [0.29, 0.717) is 6.42 Å².